The highest BCUT2D eigenvalue weighted by Gasteiger charge is 2.36. The standard InChI is InChI=1S/C19H22N2OS/c1-14(20-11-4-8-17(20)18-9-5-13-23-18)19(22)21-12-10-15-6-2-3-7-16(15)21/h2-3,5-7,9,13-14,17H,4,8,10-12H2,1H3. The van der Waals surface area contributed by atoms with E-state index in [1.807, 2.05) is 22.3 Å². The minimum Gasteiger partial charge on any atom is -0.310 e. The Morgan fingerprint density at radius 1 is 1.22 bits per heavy atom. The van der Waals surface area contributed by atoms with Gasteiger partial charge in [0.1, 0.15) is 0 Å². The molecule has 1 fully saturated rings. The Bertz CT molecular complexity index is 697. The molecule has 23 heavy (non-hydrogen) atoms. The van der Waals surface area contributed by atoms with Crippen LogP contribution >= 0.6 is 11.3 Å². The highest BCUT2D eigenvalue weighted by atomic mass is 32.1. The first kappa shape index (κ1) is 14.9. The SMILES string of the molecule is CC(C(=O)N1CCc2ccccc21)N1CCCC1c1cccs1. The highest BCUT2D eigenvalue weighted by Crippen LogP contribution is 2.37. The van der Waals surface area contributed by atoms with Crippen LogP contribution in [0, 0.1) is 0 Å². The molecule has 4 rings (SSSR count). The number of amides is 1. The van der Waals surface area contributed by atoms with E-state index in [1.165, 1.54) is 16.9 Å². The van der Waals surface area contributed by atoms with Crippen LogP contribution in [-0.4, -0.2) is 29.9 Å². The van der Waals surface area contributed by atoms with Gasteiger partial charge in [-0.1, -0.05) is 24.3 Å². The predicted octanol–water partition coefficient (Wildman–Crippen LogP) is 3.86. The average Bonchev–Trinajstić information content (AvgIpc) is 3.31. The van der Waals surface area contributed by atoms with E-state index in [9.17, 15) is 4.79 Å². The zero-order valence-electron chi connectivity index (χ0n) is 13.4. The number of carbonyl (C=O) groups excluding carboxylic acids is 1. The predicted molar refractivity (Wildman–Crippen MR) is 95.0 cm³/mol. The molecule has 2 aliphatic heterocycles. The van der Waals surface area contributed by atoms with Crippen molar-refractivity contribution in [3.8, 4) is 0 Å². The summed E-state index contributed by atoms with van der Waals surface area (Å²) in [7, 11) is 0. The summed E-state index contributed by atoms with van der Waals surface area (Å²) in [5.41, 5.74) is 2.40. The van der Waals surface area contributed by atoms with Crippen molar-refractivity contribution in [2.75, 3.05) is 18.0 Å². The highest BCUT2D eigenvalue weighted by molar-refractivity contribution is 7.10. The van der Waals surface area contributed by atoms with Crippen molar-refractivity contribution in [2.45, 2.75) is 38.3 Å². The molecule has 1 amide bonds. The molecule has 2 unspecified atom stereocenters. The summed E-state index contributed by atoms with van der Waals surface area (Å²) < 4.78 is 0. The first-order valence-electron chi connectivity index (χ1n) is 8.44. The fourth-order valence-electron chi connectivity index (χ4n) is 3.97. The van der Waals surface area contributed by atoms with E-state index in [1.54, 1.807) is 0 Å². The lowest BCUT2D eigenvalue weighted by Gasteiger charge is -2.32. The molecule has 0 N–H and O–H groups in total. The molecule has 2 atom stereocenters. The Labute approximate surface area is 141 Å². The van der Waals surface area contributed by atoms with Crippen molar-refractivity contribution >= 4 is 22.9 Å². The number of carbonyl (C=O) groups is 1. The normalized spacial score (nSPS) is 22.3. The number of hydrogen-bond donors (Lipinski definition) is 0. The Balaban J connectivity index is 1.55. The maximum Gasteiger partial charge on any atom is 0.244 e. The lowest BCUT2D eigenvalue weighted by atomic mass is 10.1. The second-order valence-corrected chi connectivity index (χ2v) is 7.44. The van der Waals surface area contributed by atoms with Gasteiger partial charge in [-0.05, 0) is 55.8 Å². The van der Waals surface area contributed by atoms with Gasteiger partial charge in [0.05, 0.1) is 6.04 Å². The molecule has 1 aromatic carbocycles. The van der Waals surface area contributed by atoms with Gasteiger partial charge in [-0.15, -0.1) is 11.3 Å². The van der Waals surface area contributed by atoms with Gasteiger partial charge in [-0.2, -0.15) is 0 Å². The van der Waals surface area contributed by atoms with Crippen molar-refractivity contribution < 1.29 is 4.79 Å². The van der Waals surface area contributed by atoms with Gasteiger partial charge < -0.3 is 4.90 Å². The van der Waals surface area contributed by atoms with Crippen LogP contribution < -0.4 is 4.90 Å². The zero-order chi connectivity index (χ0) is 15.8. The third-order valence-electron chi connectivity index (χ3n) is 5.17. The molecule has 2 aliphatic rings. The number of para-hydroxylation sites is 1. The number of thiophene rings is 1. The van der Waals surface area contributed by atoms with E-state index in [4.69, 9.17) is 0 Å². The number of anilines is 1. The number of rotatable bonds is 3. The third-order valence-corrected chi connectivity index (χ3v) is 6.15. The summed E-state index contributed by atoms with van der Waals surface area (Å²) in [4.78, 5) is 18.9. The first-order chi connectivity index (χ1) is 11.3. The van der Waals surface area contributed by atoms with E-state index < -0.39 is 0 Å². The molecule has 120 valence electrons. The lowest BCUT2D eigenvalue weighted by Crippen LogP contribution is -2.46. The van der Waals surface area contributed by atoms with E-state index in [0.717, 1.165) is 31.6 Å². The van der Waals surface area contributed by atoms with Crippen LogP contribution in [-0.2, 0) is 11.2 Å². The summed E-state index contributed by atoms with van der Waals surface area (Å²) in [6.45, 7) is 3.92. The van der Waals surface area contributed by atoms with Crippen LogP contribution in [0.2, 0.25) is 0 Å². The Hall–Kier alpha value is -1.65. The summed E-state index contributed by atoms with van der Waals surface area (Å²) in [6, 6.07) is 13.0. The topological polar surface area (TPSA) is 23.6 Å². The first-order valence-corrected chi connectivity index (χ1v) is 9.32. The van der Waals surface area contributed by atoms with Gasteiger partial charge in [-0.3, -0.25) is 9.69 Å². The van der Waals surface area contributed by atoms with Crippen LogP contribution in [0.5, 0.6) is 0 Å². The Morgan fingerprint density at radius 3 is 2.91 bits per heavy atom. The minimum atomic E-state index is -0.0595. The van der Waals surface area contributed by atoms with Gasteiger partial charge in [0.15, 0.2) is 0 Å². The van der Waals surface area contributed by atoms with Crippen LogP contribution in [0.1, 0.15) is 36.2 Å². The molecular weight excluding hydrogens is 304 g/mol. The number of fused-ring (bicyclic) bond motifs is 1. The van der Waals surface area contributed by atoms with E-state index in [0.29, 0.717) is 6.04 Å². The molecule has 0 saturated carbocycles. The maximum atomic E-state index is 13.1. The monoisotopic (exact) mass is 326 g/mol. The molecule has 3 nitrogen and oxygen atoms in total. The van der Waals surface area contributed by atoms with Gasteiger partial charge in [0.25, 0.3) is 0 Å². The van der Waals surface area contributed by atoms with Gasteiger partial charge in [0.2, 0.25) is 5.91 Å². The van der Waals surface area contributed by atoms with E-state index in [2.05, 4.69) is 47.5 Å². The fourth-order valence-corrected chi connectivity index (χ4v) is 4.86. The molecule has 2 aromatic rings. The van der Waals surface area contributed by atoms with Crippen molar-refractivity contribution in [1.29, 1.82) is 0 Å². The molecule has 1 saturated heterocycles. The molecule has 4 heteroatoms. The smallest absolute Gasteiger partial charge is 0.244 e. The van der Waals surface area contributed by atoms with Crippen molar-refractivity contribution in [2.24, 2.45) is 0 Å². The number of hydrogen-bond acceptors (Lipinski definition) is 3. The van der Waals surface area contributed by atoms with Gasteiger partial charge in [0, 0.05) is 23.2 Å². The molecule has 0 radical (unpaired) electrons. The van der Waals surface area contributed by atoms with Crippen LogP contribution in [0.25, 0.3) is 0 Å². The fraction of sp³-hybridized carbons (Fsp3) is 0.421. The average molecular weight is 326 g/mol. The second-order valence-electron chi connectivity index (χ2n) is 6.46. The molecule has 0 spiro atoms. The maximum absolute atomic E-state index is 13.1. The number of likely N-dealkylation sites (tertiary alicyclic amines) is 1. The van der Waals surface area contributed by atoms with Crippen LogP contribution in [0.3, 0.4) is 0 Å². The lowest BCUT2D eigenvalue weighted by molar-refractivity contribution is -0.123. The number of nitrogens with zero attached hydrogens (tertiary/aromatic N) is 2. The van der Waals surface area contributed by atoms with Crippen LogP contribution in [0.15, 0.2) is 41.8 Å². The summed E-state index contributed by atoms with van der Waals surface area (Å²) in [5.74, 6) is 0.249. The van der Waals surface area contributed by atoms with Gasteiger partial charge >= 0.3 is 0 Å². The largest absolute Gasteiger partial charge is 0.310 e. The molecule has 3 heterocycles. The summed E-state index contributed by atoms with van der Waals surface area (Å²) >= 11 is 1.81. The van der Waals surface area contributed by atoms with Gasteiger partial charge in [-0.25, -0.2) is 0 Å². The van der Waals surface area contributed by atoms with Crippen molar-refractivity contribution in [1.82, 2.24) is 4.90 Å². The van der Waals surface area contributed by atoms with E-state index in [-0.39, 0.29) is 11.9 Å². The minimum absolute atomic E-state index is 0.0595. The van der Waals surface area contributed by atoms with Crippen LogP contribution in [0.4, 0.5) is 5.69 Å². The third kappa shape index (κ3) is 2.60. The Morgan fingerprint density at radius 2 is 2.09 bits per heavy atom. The summed E-state index contributed by atoms with van der Waals surface area (Å²) in [5, 5.41) is 2.13. The Kier molecular flexibility index (Phi) is 3.95. The quantitative estimate of drug-likeness (QED) is 0.855. The zero-order valence-corrected chi connectivity index (χ0v) is 14.3. The molecule has 0 bridgehead atoms. The van der Waals surface area contributed by atoms with Crippen molar-refractivity contribution in [3.05, 3.63) is 52.2 Å². The van der Waals surface area contributed by atoms with E-state index >= 15 is 0 Å². The van der Waals surface area contributed by atoms with Crippen molar-refractivity contribution in [3.63, 3.8) is 0 Å². The second kappa shape index (κ2) is 6.10. The summed E-state index contributed by atoms with van der Waals surface area (Å²) in [6.07, 6.45) is 3.31. The number of benzene rings is 1. The molecule has 0 aliphatic carbocycles. The molecule has 1 aromatic heterocycles. The molecular formula is C19H22N2OS.